The number of amides is 2. The van der Waals surface area contributed by atoms with E-state index in [1.807, 2.05) is 0 Å². The molecule has 0 aliphatic carbocycles. The molecule has 0 radical (unpaired) electrons. The Balaban J connectivity index is 1.60. The first-order chi connectivity index (χ1) is 14.5. The minimum Gasteiger partial charge on any atom is -0.434 e. The predicted octanol–water partition coefficient (Wildman–Crippen LogP) is 3.86. The summed E-state index contributed by atoms with van der Waals surface area (Å²) in [6.45, 7) is 3.92. The fourth-order valence-corrected chi connectivity index (χ4v) is 3.41. The quantitative estimate of drug-likeness (QED) is 0.543. The summed E-state index contributed by atoms with van der Waals surface area (Å²) in [4.78, 5) is 40.4. The van der Waals surface area contributed by atoms with Gasteiger partial charge in [-0.15, -0.1) is 0 Å². The number of rotatable bonds is 4. The van der Waals surface area contributed by atoms with Crippen molar-refractivity contribution in [1.82, 2.24) is 9.80 Å². The maximum absolute atomic E-state index is 12.9. The second-order valence-electron chi connectivity index (χ2n) is 6.76. The van der Waals surface area contributed by atoms with Crippen LogP contribution in [-0.2, 0) is 4.74 Å². The Morgan fingerprint density at radius 2 is 1.53 bits per heavy atom. The largest absolute Gasteiger partial charge is 0.513 e. The van der Waals surface area contributed by atoms with Crippen LogP contribution in [0.25, 0.3) is 0 Å². The van der Waals surface area contributed by atoms with Crippen molar-refractivity contribution in [2.24, 2.45) is 0 Å². The highest BCUT2D eigenvalue weighted by atomic mass is 35.5. The normalized spacial score (nSPS) is 14.1. The van der Waals surface area contributed by atoms with E-state index in [0.717, 1.165) is 0 Å². The summed E-state index contributed by atoms with van der Waals surface area (Å²) >= 11 is 5.99. The molecule has 2 aromatic rings. The Labute approximate surface area is 180 Å². The first-order valence-electron chi connectivity index (χ1n) is 9.76. The van der Waals surface area contributed by atoms with Crippen LogP contribution in [0.15, 0.2) is 48.5 Å². The van der Waals surface area contributed by atoms with Gasteiger partial charge >= 0.3 is 6.16 Å². The summed E-state index contributed by atoms with van der Waals surface area (Å²) < 4.78 is 9.73. The van der Waals surface area contributed by atoms with E-state index in [0.29, 0.717) is 54.5 Å². The van der Waals surface area contributed by atoms with Gasteiger partial charge in [-0.3, -0.25) is 9.59 Å². The minimum atomic E-state index is -0.784. The van der Waals surface area contributed by atoms with Crippen LogP contribution >= 0.6 is 11.6 Å². The van der Waals surface area contributed by atoms with Gasteiger partial charge in [-0.25, -0.2) is 4.79 Å². The van der Waals surface area contributed by atoms with Gasteiger partial charge < -0.3 is 19.3 Å². The van der Waals surface area contributed by atoms with E-state index < -0.39 is 6.16 Å². The second-order valence-corrected chi connectivity index (χ2v) is 7.19. The molecule has 30 heavy (non-hydrogen) atoms. The molecule has 3 rings (SSSR count). The molecule has 1 aliphatic rings. The first-order valence-corrected chi connectivity index (χ1v) is 10.1. The third-order valence-electron chi connectivity index (χ3n) is 4.71. The molecule has 1 fully saturated rings. The molecule has 0 saturated carbocycles. The summed E-state index contributed by atoms with van der Waals surface area (Å²) in [5.41, 5.74) is 1.03. The van der Waals surface area contributed by atoms with Gasteiger partial charge in [0.15, 0.2) is 0 Å². The van der Waals surface area contributed by atoms with Gasteiger partial charge in [0.1, 0.15) is 5.75 Å². The zero-order valence-electron chi connectivity index (χ0n) is 16.7. The molecule has 0 unspecified atom stereocenters. The van der Waals surface area contributed by atoms with Crippen LogP contribution in [0.2, 0.25) is 5.02 Å². The molecule has 1 heterocycles. The van der Waals surface area contributed by atoms with Crippen LogP contribution in [0.4, 0.5) is 4.79 Å². The van der Waals surface area contributed by atoms with E-state index in [4.69, 9.17) is 21.1 Å². The average Bonchev–Trinajstić information content (AvgIpc) is 3.00. The third kappa shape index (κ3) is 5.51. The number of halogens is 1. The molecule has 0 N–H and O–H groups in total. The number of hydrogen-bond donors (Lipinski definition) is 0. The van der Waals surface area contributed by atoms with Crippen molar-refractivity contribution in [3.05, 3.63) is 64.7 Å². The number of benzene rings is 2. The monoisotopic (exact) mass is 430 g/mol. The molecule has 1 aliphatic heterocycles. The van der Waals surface area contributed by atoms with Gasteiger partial charge in [-0.05, 0) is 55.8 Å². The maximum atomic E-state index is 12.9. The standard InChI is InChI=1S/C22H23ClN2O5/c1-2-29-22(28)30-19-9-7-16(8-10-19)20(26)24-11-4-12-25(14-13-24)21(27)17-5-3-6-18(23)15-17/h3,5-10,15H,2,4,11-14H2,1H3. The molecule has 158 valence electrons. The number of carbonyl (C=O) groups is 3. The van der Waals surface area contributed by atoms with Crippen LogP contribution in [0.5, 0.6) is 5.75 Å². The zero-order chi connectivity index (χ0) is 21.5. The van der Waals surface area contributed by atoms with Gasteiger partial charge in [0.2, 0.25) is 0 Å². The van der Waals surface area contributed by atoms with E-state index in [9.17, 15) is 14.4 Å². The molecule has 2 amide bonds. The van der Waals surface area contributed by atoms with E-state index in [1.165, 1.54) is 0 Å². The zero-order valence-corrected chi connectivity index (χ0v) is 17.4. The highest BCUT2D eigenvalue weighted by molar-refractivity contribution is 6.30. The van der Waals surface area contributed by atoms with Crippen LogP contribution in [0.1, 0.15) is 34.1 Å². The first kappa shape index (κ1) is 21.6. The van der Waals surface area contributed by atoms with Gasteiger partial charge in [-0.2, -0.15) is 0 Å². The van der Waals surface area contributed by atoms with Gasteiger partial charge in [0, 0.05) is 42.3 Å². The van der Waals surface area contributed by atoms with Crippen molar-refractivity contribution in [2.75, 3.05) is 32.8 Å². The van der Waals surface area contributed by atoms with E-state index in [-0.39, 0.29) is 18.4 Å². The van der Waals surface area contributed by atoms with E-state index in [1.54, 1.807) is 65.3 Å². The summed E-state index contributed by atoms with van der Waals surface area (Å²) in [6, 6.07) is 13.2. The lowest BCUT2D eigenvalue weighted by molar-refractivity contribution is 0.0718. The van der Waals surface area contributed by atoms with Gasteiger partial charge in [0.05, 0.1) is 6.61 Å². The summed E-state index contributed by atoms with van der Waals surface area (Å²) in [7, 11) is 0. The smallest absolute Gasteiger partial charge is 0.434 e. The third-order valence-corrected chi connectivity index (χ3v) is 4.94. The fraction of sp³-hybridized carbons (Fsp3) is 0.318. The van der Waals surface area contributed by atoms with Crippen molar-refractivity contribution in [3.8, 4) is 5.75 Å². The molecule has 2 aromatic carbocycles. The molecule has 8 heteroatoms. The van der Waals surface area contributed by atoms with Crippen LogP contribution in [-0.4, -0.2) is 60.6 Å². The maximum Gasteiger partial charge on any atom is 0.513 e. The van der Waals surface area contributed by atoms with Crippen molar-refractivity contribution in [3.63, 3.8) is 0 Å². The fourth-order valence-electron chi connectivity index (χ4n) is 3.22. The molecule has 0 spiro atoms. The second kappa shape index (κ2) is 10.1. The number of nitrogens with zero attached hydrogens (tertiary/aromatic N) is 2. The lowest BCUT2D eigenvalue weighted by Gasteiger charge is -2.22. The topological polar surface area (TPSA) is 76.2 Å². The molecule has 0 atom stereocenters. The van der Waals surface area contributed by atoms with Gasteiger partial charge in [-0.1, -0.05) is 17.7 Å². The Morgan fingerprint density at radius 1 is 0.900 bits per heavy atom. The number of carbonyl (C=O) groups excluding carboxylic acids is 3. The highest BCUT2D eigenvalue weighted by Gasteiger charge is 2.23. The Morgan fingerprint density at radius 3 is 2.13 bits per heavy atom. The van der Waals surface area contributed by atoms with Crippen LogP contribution in [0, 0.1) is 0 Å². The molecule has 1 saturated heterocycles. The lowest BCUT2D eigenvalue weighted by Crippen LogP contribution is -2.37. The van der Waals surface area contributed by atoms with Crippen molar-refractivity contribution in [1.29, 1.82) is 0 Å². The average molecular weight is 431 g/mol. The molecular formula is C22H23ClN2O5. The van der Waals surface area contributed by atoms with Crippen molar-refractivity contribution < 1.29 is 23.9 Å². The molecule has 7 nitrogen and oxygen atoms in total. The highest BCUT2D eigenvalue weighted by Crippen LogP contribution is 2.17. The molecule has 0 aromatic heterocycles. The summed E-state index contributed by atoms with van der Waals surface area (Å²) in [5, 5.41) is 0.517. The van der Waals surface area contributed by atoms with E-state index >= 15 is 0 Å². The molecular weight excluding hydrogens is 408 g/mol. The number of ether oxygens (including phenoxy) is 2. The van der Waals surface area contributed by atoms with Crippen molar-refractivity contribution >= 4 is 29.6 Å². The van der Waals surface area contributed by atoms with Crippen LogP contribution < -0.4 is 4.74 Å². The Hall–Kier alpha value is -3.06. The summed E-state index contributed by atoms with van der Waals surface area (Å²) in [6.07, 6.45) is -0.101. The minimum absolute atomic E-state index is 0.0905. The number of hydrogen-bond acceptors (Lipinski definition) is 5. The predicted molar refractivity (Wildman–Crippen MR) is 112 cm³/mol. The van der Waals surface area contributed by atoms with Crippen LogP contribution in [0.3, 0.4) is 0 Å². The molecule has 0 bridgehead atoms. The summed E-state index contributed by atoms with van der Waals surface area (Å²) in [5.74, 6) is 0.0844. The van der Waals surface area contributed by atoms with Gasteiger partial charge in [0.25, 0.3) is 11.8 Å². The SMILES string of the molecule is CCOC(=O)Oc1ccc(C(=O)N2CCCN(C(=O)c3cccc(Cl)c3)CC2)cc1. The Kier molecular flexibility index (Phi) is 7.30. The van der Waals surface area contributed by atoms with E-state index in [2.05, 4.69) is 0 Å². The lowest BCUT2D eigenvalue weighted by atomic mass is 10.2. The Bertz CT molecular complexity index is 916. The van der Waals surface area contributed by atoms with Crippen molar-refractivity contribution in [2.45, 2.75) is 13.3 Å².